The minimum absolute atomic E-state index is 0.202. The molecule has 0 unspecified atom stereocenters. The smallest absolute Gasteiger partial charge is 0.275 e. The van der Waals surface area contributed by atoms with Crippen LogP contribution in [0.1, 0.15) is 16.1 Å². The van der Waals surface area contributed by atoms with Gasteiger partial charge in [0.2, 0.25) is 0 Å². The summed E-state index contributed by atoms with van der Waals surface area (Å²) in [4.78, 5) is 20.6. The van der Waals surface area contributed by atoms with Crippen molar-refractivity contribution in [2.45, 2.75) is 6.92 Å². The number of aromatic nitrogens is 2. The van der Waals surface area contributed by atoms with E-state index in [4.69, 9.17) is 0 Å². The van der Waals surface area contributed by atoms with E-state index in [0.29, 0.717) is 5.69 Å². The number of benzene rings is 1. The number of carbonyl (C=O) groups is 1. The molecule has 2 heterocycles. The van der Waals surface area contributed by atoms with E-state index in [1.165, 1.54) is 11.3 Å². The molecule has 2 aromatic heterocycles. The Kier molecular flexibility index (Phi) is 3.75. The molecule has 5 heteroatoms. The first-order chi connectivity index (χ1) is 10.2. The number of nitrogens with one attached hydrogen (secondary N) is 1. The normalized spacial score (nSPS) is 10.3. The Hall–Kier alpha value is -2.53. The Morgan fingerprint density at radius 3 is 2.90 bits per heavy atom. The van der Waals surface area contributed by atoms with E-state index in [-0.39, 0.29) is 5.91 Å². The second kappa shape index (κ2) is 5.85. The molecule has 0 spiro atoms. The predicted octanol–water partition coefficient (Wildman–Crippen LogP) is 3.77. The number of amides is 1. The monoisotopic (exact) mass is 295 g/mol. The molecule has 0 saturated carbocycles. The molecule has 0 aliphatic heterocycles. The maximum atomic E-state index is 12.2. The van der Waals surface area contributed by atoms with Crippen LogP contribution in [0.2, 0.25) is 0 Å². The molecule has 0 atom stereocenters. The summed E-state index contributed by atoms with van der Waals surface area (Å²) >= 11 is 1.43. The Balaban J connectivity index is 1.78. The SMILES string of the molecule is Cc1cccc(NC(=O)c2csc(-c3cccnc3)n2)c1. The predicted molar refractivity (Wildman–Crippen MR) is 84.5 cm³/mol. The Bertz CT molecular complexity index is 768. The van der Waals surface area contributed by atoms with Gasteiger partial charge in [-0.05, 0) is 36.8 Å². The second-order valence-electron chi connectivity index (χ2n) is 4.60. The molecule has 0 bridgehead atoms. The molecule has 1 N–H and O–H groups in total. The number of thiazole rings is 1. The fraction of sp³-hybridized carbons (Fsp3) is 0.0625. The van der Waals surface area contributed by atoms with Gasteiger partial charge >= 0.3 is 0 Å². The molecule has 0 aliphatic carbocycles. The lowest BCUT2D eigenvalue weighted by Crippen LogP contribution is -2.12. The molecule has 1 aromatic carbocycles. The van der Waals surface area contributed by atoms with E-state index in [0.717, 1.165) is 21.8 Å². The Morgan fingerprint density at radius 1 is 1.24 bits per heavy atom. The average molecular weight is 295 g/mol. The van der Waals surface area contributed by atoms with Gasteiger partial charge < -0.3 is 5.32 Å². The Morgan fingerprint density at radius 2 is 2.14 bits per heavy atom. The molecule has 0 saturated heterocycles. The van der Waals surface area contributed by atoms with Gasteiger partial charge in [0.15, 0.2) is 0 Å². The summed E-state index contributed by atoms with van der Waals surface area (Å²) in [6, 6.07) is 11.5. The number of rotatable bonds is 3. The van der Waals surface area contributed by atoms with E-state index >= 15 is 0 Å². The molecule has 3 rings (SSSR count). The summed E-state index contributed by atoms with van der Waals surface area (Å²) < 4.78 is 0. The van der Waals surface area contributed by atoms with Crippen molar-refractivity contribution in [3.63, 3.8) is 0 Å². The second-order valence-corrected chi connectivity index (χ2v) is 5.46. The van der Waals surface area contributed by atoms with Crippen molar-refractivity contribution in [3.05, 3.63) is 65.4 Å². The number of aryl methyl sites for hydroxylation is 1. The van der Waals surface area contributed by atoms with Crippen molar-refractivity contribution in [2.24, 2.45) is 0 Å². The maximum Gasteiger partial charge on any atom is 0.275 e. The van der Waals surface area contributed by atoms with Gasteiger partial charge in [-0.25, -0.2) is 4.98 Å². The molecule has 104 valence electrons. The van der Waals surface area contributed by atoms with Crippen molar-refractivity contribution in [2.75, 3.05) is 5.32 Å². The molecule has 21 heavy (non-hydrogen) atoms. The van der Waals surface area contributed by atoms with Crippen molar-refractivity contribution in [1.82, 2.24) is 9.97 Å². The third-order valence-corrected chi connectivity index (χ3v) is 3.81. The molecule has 0 fully saturated rings. The van der Waals surface area contributed by atoms with Gasteiger partial charge in [-0.15, -0.1) is 11.3 Å². The minimum Gasteiger partial charge on any atom is -0.321 e. The van der Waals surface area contributed by atoms with E-state index in [1.54, 1.807) is 17.8 Å². The highest BCUT2D eigenvalue weighted by molar-refractivity contribution is 7.13. The van der Waals surface area contributed by atoms with Crippen LogP contribution in [0, 0.1) is 6.92 Å². The molecule has 0 aliphatic rings. The number of nitrogens with zero attached hydrogens (tertiary/aromatic N) is 2. The van der Waals surface area contributed by atoms with Gasteiger partial charge in [-0.3, -0.25) is 9.78 Å². The third kappa shape index (κ3) is 3.14. The molecular weight excluding hydrogens is 282 g/mol. The first-order valence-corrected chi connectivity index (χ1v) is 7.34. The van der Waals surface area contributed by atoms with Crippen LogP contribution >= 0.6 is 11.3 Å². The zero-order valence-corrected chi connectivity index (χ0v) is 12.2. The van der Waals surface area contributed by atoms with Crippen LogP contribution in [0.5, 0.6) is 0 Å². The largest absolute Gasteiger partial charge is 0.321 e. The van der Waals surface area contributed by atoms with E-state index in [9.17, 15) is 4.79 Å². The standard InChI is InChI=1S/C16H13N3OS/c1-11-4-2-6-13(8-11)18-15(20)14-10-21-16(19-14)12-5-3-7-17-9-12/h2-10H,1H3,(H,18,20). The van der Waals surface area contributed by atoms with Crippen molar-refractivity contribution in [1.29, 1.82) is 0 Å². The first-order valence-electron chi connectivity index (χ1n) is 6.46. The number of carbonyl (C=O) groups excluding carboxylic acids is 1. The van der Waals surface area contributed by atoms with Crippen LogP contribution in [-0.2, 0) is 0 Å². The van der Waals surface area contributed by atoms with Crippen molar-refractivity contribution >= 4 is 22.9 Å². The van der Waals surface area contributed by atoms with E-state index in [2.05, 4.69) is 15.3 Å². The number of pyridine rings is 1. The van der Waals surface area contributed by atoms with Gasteiger partial charge in [0.05, 0.1) is 0 Å². The molecule has 3 aromatic rings. The van der Waals surface area contributed by atoms with Crippen LogP contribution in [0.15, 0.2) is 54.2 Å². The van der Waals surface area contributed by atoms with Gasteiger partial charge in [-0.2, -0.15) is 0 Å². The zero-order chi connectivity index (χ0) is 14.7. The average Bonchev–Trinajstić information content (AvgIpc) is 2.98. The highest BCUT2D eigenvalue weighted by atomic mass is 32.1. The summed E-state index contributed by atoms with van der Waals surface area (Å²) in [6.45, 7) is 1.99. The summed E-state index contributed by atoms with van der Waals surface area (Å²) in [5.41, 5.74) is 3.20. The zero-order valence-electron chi connectivity index (χ0n) is 11.4. The van der Waals surface area contributed by atoms with E-state index < -0.39 is 0 Å². The minimum atomic E-state index is -0.202. The van der Waals surface area contributed by atoms with Gasteiger partial charge in [0.25, 0.3) is 5.91 Å². The fourth-order valence-electron chi connectivity index (χ4n) is 1.92. The highest BCUT2D eigenvalue weighted by Crippen LogP contribution is 2.23. The third-order valence-electron chi connectivity index (χ3n) is 2.92. The lowest BCUT2D eigenvalue weighted by Gasteiger charge is -2.03. The van der Waals surface area contributed by atoms with Gasteiger partial charge in [0.1, 0.15) is 10.7 Å². The first kappa shape index (κ1) is 13.5. The van der Waals surface area contributed by atoms with Crippen LogP contribution in [0.25, 0.3) is 10.6 Å². The van der Waals surface area contributed by atoms with Crippen LogP contribution in [0.3, 0.4) is 0 Å². The topological polar surface area (TPSA) is 54.9 Å². The van der Waals surface area contributed by atoms with Crippen LogP contribution in [0.4, 0.5) is 5.69 Å². The van der Waals surface area contributed by atoms with Crippen molar-refractivity contribution in [3.8, 4) is 10.6 Å². The van der Waals surface area contributed by atoms with Crippen LogP contribution < -0.4 is 5.32 Å². The maximum absolute atomic E-state index is 12.2. The fourth-order valence-corrected chi connectivity index (χ4v) is 2.71. The lowest BCUT2D eigenvalue weighted by atomic mass is 10.2. The summed E-state index contributed by atoms with van der Waals surface area (Å²) in [7, 11) is 0. The molecule has 1 amide bonds. The molecular formula is C16H13N3OS. The quantitative estimate of drug-likeness (QED) is 0.800. The lowest BCUT2D eigenvalue weighted by molar-refractivity contribution is 0.102. The van der Waals surface area contributed by atoms with E-state index in [1.807, 2.05) is 43.3 Å². The number of hydrogen-bond acceptors (Lipinski definition) is 4. The molecule has 4 nitrogen and oxygen atoms in total. The van der Waals surface area contributed by atoms with Crippen LogP contribution in [-0.4, -0.2) is 15.9 Å². The summed E-state index contributed by atoms with van der Waals surface area (Å²) in [5.74, 6) is -0.202. The number of hydrogen-bond donors (Lipinski definition) is 1. The van der Waals surface area contributed by atoms with Gasteiger partial charge in [0, 0.05) is 29.0 Å². The van der Waals surface area contributed by atoms with Crippen molar-refractivity contribution < 1.29 is 4.79 Å². The summed E-state index contributed by atoms with van der Waals surface area (Å²) in [5, 5.41) is 5.40. The summed E-state index contributed by atoms with van der Waals surface area (Å²) in [6.07, 6.45) is 3.45. The molecule has 0 radical (unpaired) electrons. The highest BCUT2D eigenvalue weighted by Gasteiger charge is 2.12. The van der Waals surface area contributed by atoms with Gasteiger partial charge in [-0.1, -0.05) is 12.1 Å². The Labute approximate surface area is 126 Å². The number of anilines is 1.